The molecule has 1 aromatic carbocycles. The molecule has 0 spiro atoms. The molecular weight excluding hydrogens is 230 g/mol. The van der Waals surface area contributed by atoms with Crippen LogP contribution in [0.3, 0.4) is 0 Å². The van der Waals surface area contributed by atoms with Crippen LogP contribution >= 0.6 is 0 Å². The minimum absolute atomic E-state index is 0.0506. The molecule has 1 aromatic rings. The molecule has 0 atom stereocenters. The first-order valence-corrected chi connectivity index (χ1v) is 4.86. The number of aliphatic hydroxyl groups is 1. The van der Waals surface area contributed by atoms with Crippen LogP contribution < -0.4 is 10.2 Å². The molecule has 0 saturated carbocycles. The fraction of sp³-hybridized carbons (Fsp3) is 0.300. The molecule has 0 aliphatic carbocycles. The second kappa shape index (κ2) is 6.34. The van der Waals surface area contributed by atoms with E-state index < -0.39 is 12.9 Å². The molecule has 0 fully saturated rings. The molecule has 92 valence electrons. The predicted octanol–water partition coefficient (Wildman–Crippen LogP) is -0.770. The van der Waals surface area contributed by atoms with Gasteiger partial charge in [-0.15, -0.1) is 0 Å². The van der Waals surface area contributed by atoms with E-state index in [-0.39, 0.29) is 24.4 Å². The van der Waals surface area contributed by atoms with Crippen LogP contribution in [-0.4, -0.2) is 37.3 Å². The third kappa shape index (κ3) is 2.82. The average molecular weight is 242 g/mol. The van der Waals surface area contributed by atoms with Gasteiger partial charge in [-0.1, -0.05) is 6.07 Å². The molecule has 0 bridgehead atoms. The van der Waals surface area contributed by atoms with Crippen LogP contribution in [0.25, 0.3) is 0 Å². The Morgan fingerprint density at radius 2 is 2.29 bits per heavy atom. The van der Waals surface area contributed by atoms with Gasteiger partial charge in [0, 0.05) is 12.6 Å². The first-order valence-electron chi connectivity index (χ1n) is 4.86. The molecule has 0 radical (unpaired) electrons. The normalized spacial score (nSPS) is 12.6. The van der Waals surface area contributed by atoms with Crippen molar-refractivity contribution in [3.63, 3.8) is 0 Å². The van der Waals surface area contributed by atoms with Gasteiger partial charge in [-0.3, -0.25) is 4.79 Å². The summed E-state index contributed by atoms with van der Waals surface area (Å²) in [5.74, 6) is -0.718. The summed E-state index contributed by atoms with van der Waals surface area (Å²) in [6.45, 7) is -0.0337. The number of halogens is 1. The van der Waals surface area contributed by atoms with Crippen LogP contribution in [-0.2, 0) is 16.1 Å². The molecular formula is C10H12BFO5. The number of aliphatic hydroxyl groups excluding tert-OH is 1. The standard InChI is InChI=1S/C9H8BFO4.CH4O/c11-9-7(14-4-3-12)2-1-6-5-15-10(13)8(6)9;1-2/h1-3,13H,4-5H2;2H,1H3. The number of carbonyl (C=O) groups is 1. The molecule has 1 aliphatic heterocycles. The minimum atomic E-state index is -1.25. The third-order valence-electron chi connectivity index (χ3n) is 2.19. The Morgan fingerprint density at radius 1 is 1.59 bits per heavy atom. The van der Waals surface area contributed by atoms with Crippen LogP contribution in [0.1, 0.15) is 5.56 Å². The minimum Gasteiger partial charge on any atom is -0.483 e. The van der Waals surface area contributed by atoms with Gasteiger partial charge < -0.3 is 19.5 Å². The highest BCUT2D eigenvalue weighted by Gasteiger charge is 2.32. The van der Waals surface area contributed by atoms with Gasteiger partial charge in [0.05, 0.1) is 6.61 Å². The van der Waals surface area contributed by atoms with E-state index >= 15 is 0 Å². The van der Waals surface area contributed by atoms with E-state index in [4.69, 9.17) is 14.5 Å². The van der Waals surface area contributed by atoms with Gasteiger partial charge in [-0.25, -0.2) is 4.39 Å². The third-order valence-corrected chi connectivity index (χ3v) is 2.19. The van der Waals surface area contributed by atoms with Gasteiger partial charge in [0.15, 0.2) is 17.9 Å². The Morgan fingerprint density at radius 3 is 2.94 bits per heavy atom. The summed E-state index contributed by atoms with van der Waals surface area (Å²) in [6, 6.07) is 3.02. The molecule has 2 N–H and O–H groups in total. The fourth-order valence-electron chi connectivity index (χ4n) is 1.49. The number of fused-ring (bicyclic) bond motifs is 1. The van der Waals surface area contributed by atoms with Crippen molar-refractivity contribution in [1.29, 1.82) is 0 Å². The van der Waals surface area contributed by atoms with Gasteiger partial charge in [0.1, 0.15) is 6.61 Å². The number of ether oxygens (including phenoxy) is 1. The Kier molecular flexibility index (Phi) is 5.08. The molecule has 1 heterocycles. The Labute approximate surface area is 97.9 Å². The summed E-state index contributed by atoms with van der Waals surface area (Å²) in [4.78, 5) is 10.1. The molecule has 2 rings (SSSR count). The fourth-order valence-corrected chi connectivity index (χ4v) is 1.49. The van der Waals surface area contributed by atoms with E-state index in [1.807, 2.05) is 0 Å². The van der Waals surface area contributed by atoms with Crippen molar-refractivity contribution >= 4 is 18.9 Å². The van der Waals surface area contributed by atoms with Crippen molar-refractivity contribution in [2.75, 3.05) is 13.7 Å². The lowest BCUT2D eigenvalue weighted by atomic mass is 9.79. The summed E-state index contributed by atoms with van der Waals surface area (Å²) in [5, 5.41) is 16.3. The van der Waals surface area contributed by atoms with Gasteiger partial charge >= 0.3 is 7.12 Å². The first-order chi connectivity index (χ1) is 8.24. The van der Waals surface area contributed by atoms with E-state index in [0.717, 1.165) is 7.11 Å². The van der Waals surface area contributed by atoms with E-state index in [1.165, 1.54) is 6.07 Å². The summed E-state index contributed by atoms with van der Waals surface area (Å²) in [5.41, 5.74) is 0.692. The zero-order chi connectivity index (χ0) is 12.8. The van der Waals surface area contributed by atoms with Crippen LogP contribution in [0.5, 0.6) is 5.75 Å². The lowest BCUT2D eigenvalue weighted by Gasteiger charge is -2.07. The number of benzene rings is 1. The number of hydrogen-bond acceptors (Lipinski definition) is 5. The highest BCUT2D eigenvalue weighted by molar-refractivity contribution is 6.61. The molecule has 0 unspecified atom stereocenters. The van der Waals surface area contributed by atoms with Crippen molar-refractivity contribution < 1.29 is 28.7 Å². The topological polar surface area (TPSA) is 76.0 Å². The van der Waals surface area contributed by atoms with Crippen molar-refractivity contribution in [2.45, 2.75) is 6.61 Å². The van der Waals surface area contributed by atoms with Gasteiger partial charge in [-0.05, 0) is 11.6 Å². The molecule has 1 aliphatic rings. The molecule has 0 amide bonds. The number of carbonyl (C=O) groups excluding carboxylic acids is 1. The lowest BCUT2D eigenvalue weighted by Crippen LogP contribution is -2.31. The van der Waals surface area contributed by atoms with E-state index in [1.54, 1.807) is 6.07 Å². The highest BCUT2D eigenvalue weighted by atomic mass is 19.1. The van der Waals surface area contributed by atoms with Gasteiger partial charge in [0.2, 0.25) is 0 Å². The quantitative estimate of drug-likeness (QED) is 0.537. The smallest absolute Gasteiger partial charge is 0.483 e. The van der Waals surface area contributed by atoms with Crippen molar-refractivity contribution in [3.05, 3.63) is 23.5 Å². The van der Waals surface area contributed by atoms with Gasteiger partial charge in [-0.2, -0.15) is 0 Å². The molecule has 17 heavy (non-hydrogen) atoms. The lowest BCUT2D eigenvalue weighted by molar-refractivity contribution is -0.109. The van der Waals surface area contributed by atoms with Crippen LogP contribution in [0.2, 0.25) is 0 Å². The molecule has 5 nitrogen and oxygen atoms in total. The maximum absolute atomic E-state index is 13.7. The van der Waals surface area contributed by atoms with E-state index in [9.17, 15) is 14.2 Å². The highest BCUT2D eigenvalue weighted by Crippen LogP contribution is 2.20. The van der Waals surface area contributed by atoms with Crippen molar-refractivity contribution in [2.24, 2.45) is 0 Å². The summed E-state index contributed by atoms with van der Waals surface area (Å²) < 4.78 is 23.4. The Hall–Kier alpha value is -1.44. The average Bonchev–Trinajstić information content (AvgIpc) is 2.74. The summed E-state index contributed by atoms with van der Waals surface area (Å²) in [7, 11) is -0.250. The monoisotopic (exact) mass is 242 g/mol. The summed E-state index contributed by atoms with van der Waals surface area (Å²) >= 11 is 0. The number of hydrogen-bond donors (Lipinski definition) is 2. The van der Waals surface area contributed by atoms with Crippen LogP contribution in [0.15, 0.2) is 12.1 Å². The second-order valence-electron chi connectivity index (χ2n) is 3.09. The van der Waals surface area contributed by atoms with Crippen LogP contribution in [0, 0.1) is 5.82 Å². The first kappa shape index (κ1) is 13.6. The second-order valence-corrected chi connectivity index (χ2v) is 3.09. The van der Waals surface area contributed by atoms with Crippen molar-refractivity contribution in [1.82, 2.24) is 0 Å². The molecule has 7 heteroatoms. The summed E-state index contributed by atoms with van der Waals surface area (Å²) in [6.07, 6.45) is 0.527. The largest absolute Gasteiger partial charge is 0.494 e. The predicted molar refractivity (Wildman–Crippen MR) is 58.5 cm³/mol. The zero-order valence-corrected chi connectivity index (χ0v) is 9.22. The SMILES string of the molecule is CO.O=CCOc1ccc2c(c1F)B(O)OC2. The van der Waals surface area contributed by atoms with E-state index in [0.29, 0.717) is 11.8 Å². The van der Waals surface area contributed by atoms with Gasteiger partial charge in [0.25, 0.3) is 0 Å². The maximum atomic E-state index is 13.7. The number of aldehydes is 1. The number of rotatable bonds is 3. The van der Waals surface area contributed by atoms with E-state index in [2.05, 4.69) is 0 Å². The zero-order valence-electron chi connectivity index (χ0n) is 9.22. The van der Waals surface area contributed by atoms with Crippen molar-refractivity contribution in [3.8, 4) is 5.75 Å². The maximum Gasteiger partial charge on any atom is 0.494 e. The molecule has 0 aromatic heterocycles. The Balaban J connectivity index is 0.000000686. The molecule has 0 saturated heterocycles. The van der Waals surface area contributed by atoms with Crippen LogP contribution in [0.4, 0.5) is 4.39 Å². The Bertz CT molecular complexity index is 399.